The minimum Gasteiger partial charge on any atom is -0.748 e. The molecule has 1 aromatic heterocycles. The predicted molar refractivity (Wildman–Crippen MR) is 161 cm³/mol. The molecule has 4 aromatic carbocycles. The first kappa shape index (κ1) is 27.3. The van der Waals surface area contributed by atoms with E-state index in [1.165, 1.54) is 0 Å². The maximum atomic E-state index is 11.7. The fraction of sp³-hybridized carbons (Fsp3) is 0.179. The number of thiazole rings is 1. The first-order chi connectivity index (χ1) is 19.3. The van der Waals surface area contributed by atoms with Crippen LogP contribution < -0.4 is 9.47 Å². The third-order valence-electron chi connectivity index (χ3n) is 6.75. The van der Waals surface area contributed by atoms with Crippen molar-refractivity contribution in [3.8, 4) is 0 Å². The topological polar surface area (TPSA) is 111 Å². The number of hydrogen-bond acceptors (Lipinski definition) is 8. The second kappa shape index (κ2) is 11.2. The van der Waals surface area contributed by atoms with Crippen LogP contribution in [0.4, 0.5) is 5.69 Å². The van der Waals surface area contributed by atoms with Crippen LogP contribution in [0.15, 0.2) is 82.7 Å². The third-order valence-corrected chi connectivity index (χ3v) is 9.99. The largest absolute Gasteiger partial charge is 0.748 e. The minimum atomic E-state index is -4.43. The van der Waals surface area contributed by atoms with Crippen molar-refractivity contribution in [2.24, 2.45) is 0 Å². The van der Waals surface area contributed by atoms with E-state index in [-0.39, 0.29) is 13.2 Å². The molecule has 0 spiro atoms. The number of nitrogens with zero attached hydrogens (tertiary/aromatic N) is 2. The Balaban J connectivity index is 1.49. The van der Waals surface area contributed by atoms with Crippen LogP contribution in [-0.2, 0) is 32.2 Å². The zero-order chi connectivity index (χ0) is 27.9. The van der Waals surface area contributed by atoms with Gasteiger partial charge in [-0.2, -0.15) is 8.78 Å². The molecular formula is C28H24N2O6S4. The first-order valence-electron chi connectivity index (χ1n) is 12.5. The molecule has 0 radical (unpaired) electrons. The van der Waals surface area contributed by atoms with E-state index < -0.39 is 27.2 Å². The van der Waals surface area contributed by atoms with Gasteiger partial charge in [0.1, 0.15) is 4.70 Å². The monoisotopic (exact) mass is 612 g/mol. The van der Waals surface area contributed by atoms with Gasteiger partial charge < -0.3 is 9.45 Å². The lowest BCUT2D eigenvalue weighted by Crippen LogP contribution is -2.36. The van der Waals surface area contributed by atoms with E-state index in [0.29, 0.717) is 13.0 Å². The number of aryl methyl sites for hydroxylation is 1. The van der Waals surface area contributed by atoms with Gasteiger partial charge in [0.05, 0.1) is 44.7 Å². The Kier molecular flexibility index (Phi) is 7.66. The highest BCUT2D eigenvalue weighted by Gasteiger charge is 2.30. The average molecular weight is 613 g/mol. The van der Waals surface area contributed by atoms with Crippen LogP contribution in [0.3, 0.4) is 0 Å². The summed E-state index contributed by atoms with van der Waals surface area (Å²) in [5.41, 5.74) is 1.95. The fourth-order valence-corrected chi connectivity index (χ4v) is 8.09. The van der Waals surface area contributed by atoms with E-state index in [1.807, 2.05) is 59.5 Å². The zero-order valence-corrected chi connectivity index (χ0v) is 24.3. The molecule has 6 rings (SSSR count). The number of fused-ring (bicyclic) bond motifs is 6. The Morgan fingerprint density at radius 1 is 1.00 bits per heavy atom. The summed E-state index contributed by atoms with van der Waals surface area (Å²) in [6.45, 7) is 0.698. The SMILES string of the molecule is O=S(O)OCCC[n+]1c(C=C2Sc3ccc4ccccc4c3N2CCS(=O)(=O)[O-])sc2ccc3ccccc3c21. The van der Waals surface area contributed by atoms with Gasteiger partial charge in [0.15, 0.2) is 6.54 Å². The summed E-state index contributed by atoms with van der Waals surface area (Å²) >= 11 is 0.834. The van der Waals surface area contributed by atoms with Crippen molar-refractivity contribution >= 4 is 88.1 Å². The Morgan fingerprint density at radius 2 is 1.70 bits per heavy atom. The highest BCUT2D eigenvalue weighted by atomic mass is 32.2. The van der Waals surface area contributed by atoms with Gasteiger partial charge >= 0.3 is 11.4 Å². The Bertz CT molecular complexity index is 1920. The molecule has 206 valence electrons. The van der Waals surface area contributed by atoms with Gasteiger partial charge in [-0.1, -0.05) is 77.7 Å². The number of anilines is 1. The van der Waals surface area contributed by atoms with E-state index in [0.717, 1.165) is 52.4 Å². The maximum Gasteiger partial charge on any atom is 0.301 e. The Morgan fingerprint density at radius 3 is 2.45 bits per heavy atom. The molecule has 5 aromatic rings. The molecule has 40 heavy (non-hydrogen) atoms. The lowest BCUT2D eigenvalue weighted by Gasteiger charge is -2.22. The van der Waals surface area contributed by atoms with Crippen LogP contribution >= 0.6 is 23.1 Å². The molecule has 12 heteroatoms. The molecule has 1 N–H and O–H groups in total. The average Bonchev–Trinajstić information content (AvgIpc) is 3.47. The first-order valence-corrected chi connectivity index (χ1v) is 16.7. The molecule has 8 nitrogen and oxygen atoms in total. The standard InChI is InChI=1S/C28H24N2O6S4/c31-39(32)36-16-5-14-29-25(37-23-12-10-19-6-1-3-8-21(19)27(23)29)18-26-30(15-17-40(33,34)35)28-22-9-4-2-7-20(22)11-13-24(28)38-26/h1-4,6-13,18H,5,14-17H2,(H-,31,32,33,34,35). The number of hydrogen-bond donors (Lipinski definition) is 1. The molecule has 1 aliphatic rings. The molecule has 1 unspecified atom stereocenters. The van der Waals surface area contributed by atoms with E-state index in [1.54, 1.807) is 23.1 Å². The van der Waals surface area contributed by atoms with Crippen LogP contribution in [0.1, 0.15) is 11.4 Å². The van der Waals surface area contributed by atoms with Crippen molar-refractivity contribution in [2.45, 2.75) is 17.9 Å². The van der Waals surface area contributed by atoms with Crippen LogP contribution in [-0.4, -0.2) is 40.6 Å². The summed E-state index contributed by atoms with van der Waals surface area (Å²) in [5, 5.41) is 5.98. The highest BCUT2D eigenvalue weighted by molar-refractivity contribution is 8.04. The summed E-state index contributed by atoms with van der Waals surface area (Å²) in [6.07, 6.45) is 2.56. The molecule has 0 fully saturated rings. The summed E-state index contributed by atoms with van der Waals surface area (Å²) in [4.78, 5) is 2.92. The third kappa shape index (κ3) is 5.53. The van der Waals surface area contributed by atoms with Gasteiger partial charge in [-0.05, 0) is 29.0 Å². The van der Waals surface area contributed by atoms with Crippen molar-refractivity contribution in [2.75, 3.05) is 23.8 Å². The fourth-order valence-electron chi connectivity index (χ4n) is 5.07. The molecule has 2 heterocycles. The van der Waals surface area contributed by atoms with E-state index in [4.69, 9.17) is 8.74 Å². The number of aromatic nitrogens is 1. The summed E-state index contributed by atoms with van der Waals surface area (Å²) < 4.78 is 63.2. The van der Waals surface area contributed by atoms with Crippen molar-refractivity contribution in [1.29, 1.82) is 0 Å². The molecule has 0 saturated heterocycles. The lowest BCUT2D eigenvalue weighted by molar-refractivity contribution is -0.668. The number of thioether (sulfide) groups is 1. The van der Waals surface area contributed by atoms with Crippen molar-refractivity contribution < 1.29 is 30.5 Å². The summed E-state index contributed by atoms with van der Waals surface area (Å²) in [5.74, 6) is -0.514. The van der Waals surface area contributed by atoms with Crippen molar-refractivity contribution in [3.05, 3.63) is 82.8 Å². The predicted octanol–water partition coefficient (Wildman–Crippen LogP) is 5.49. The van der Waals surface area contributed by atoms with E-state index in [2.05, 4.69) is 28.8 Å². The van der Waals surface area contributed by atoms with Gasteiger partial charge in [0.25, 0.3) is 5.01 Å². The summed E-state index contributed by atoms with van der Waals surface area (Å²) in [6, 6.07) is 24.3. The quantitative estimate of drug-likeness (QED) is 0.101. The van der Waals surface area contributed by atoms with Crippen LogP contribution in [0.25, 0.3) is 37.8 Å². The molecule has 0 bridgehead atoms. The van der Waals surface area contributed by atoms with Gasteiger partial charge in [-0.25, -0.2) is 8.42 Å². The highest BCUT2D eigenvalue weighted by Crippen LogP contribution is 2.50. The molecule has 0 aliphatic carbocycles. The van der Waals surface area contributed by atoms with Crippen molar-refractivity contribution in [1.82, 2.24) is 0 Å². The summed E-state index contributed by atoms with van der Waals surface area (Å²) in [7, 11) is -4.43. The van der Waals surface area contributed by atoms with E-state index >= 15 is 0 Å². The second-order valence-corrected chi connectivity index (χ2v) is 13.6. The van der Waals surface area contributed by atoms with Crippen LogP contribution in [0.2, 0.25) is 0 Å². The van der Waals surface area contributed by atoms with Crippen molar-refractivity contribution in [3.63, 3.8) is 0 Å². The molecular weight excluding hydrogens is 589 g/mol. The number of rotatable bonds is 9. The van der Waals surface area contributed by atoms with E-state index in [9.17, 15) is 17.2 Å². The number of benzene rings is 4. The Labute approximate surface area is 242 Å². The molecule has 0 amide bonds. The zero-order valence-electron chi connectivity index (χ0n) is 21.1. The second-order valence-electron chi connectivity index (χ2n) is 9.25. The minimum absolute atomic E-state index is 0.0374. The van der Waals surface area contributed by atoms with Crippen LogP contribution in [0, 0.1) is 0 Å². The van der Waals surface area contributed by atoms with Gasteiger partial charge in [0, 0.05) is 23.2 Å². The Hall–Kier alpha value is -2.84. The normalized spacial score (nSPS) is 15.4. The lowest BCUT2D eigenvalue weighted by atomic mass is 10.1. The van der Waals surface area contributed by atoms with Gasteiger partial charge in [-0.3, -0.25) is 8.74 Å². The molecule has 0 saturated carbocycles. The van der Waals surface area contributed by atoms with Gasteiger partial charge in [0.2, 0.25) is 5.52 Å². The smallest absolute Gasteiger partial charge is 0.301 e. The maximum absolute atomic E-state index is 11.7. The molecule has 1 aliphatic heterocycles. The van der Waals surface area contributed by atoms with Crippen LogP contribution in [0.5, 0.6) is 0 Å². The molecule has 1 atom stereocenters. The van der Waals surface area contributed by atoms with Gasteiger partial charge in [-0.15, -0.1) is 0 Å².